The highest BCUT2D eigenvalue weighted by Crippen LogP contribution is 2.07. The average molecular weight is 430 g/mol. The minimum Gasteiger partial charge on any atom is -0.492 e. The van der Waals surface area contributed by atoms with Gasteiger partial charge in [0.15, 0.2) is 11.8 Å². The third-order valence-corrected chi connectivity index (χ3v) is 3.23. The van der Waals surface area contributed by atoms with Gasteiger partial charge in [-0.3, -0.25) is 4.99 Å². The predicted molar refractivity (Wildman–Crippen MR) is 101 cm³/mol. The highest BCUT2D eigenvalue weighted by Gasteiger charge is 2.05. The van der Waals surface area contributed by atoms with Gasteiger partial charge in [-0.05, 0) is 19.1 Å². The molecular formula is C15H23IN6O. The number of rotatable bonds is 6. The Balaban J connectivity index is 0.00000264. The van der Waals surface area contributed by atoms with E-state index in [1.165, 1.54) is 0 Å². The zero-order valence-corrected chi connectivity index (χ0v) is 15.9. The zero-order chi connectivity index (χ0) is 15.8. The van der Waals surface area contributed by atoms with Gasteiger partial charge in [0.25, 0.3) is 0 Å². The van der Waals surface area contributed by atoms with Crippen LogP contribution in [-0.4, -0.2) is 40.9 Å². The van der Waals surface area contributed by atoms with Crippen LogP contribution in [0.15, 0.2) is 35.3 Å². The van der Waals surface area contributed by atoms with E-state index in [-0.39, 0.29) is 24.0 Å². The Labute approximate surface area is 153 Å². The number of para-hydroxylation sites is 1. The molecule has 7 nitrogen and oxygen atoms in total. The predicted octanol–water partition coefficient (Wildman–Crippen LogP) is 1.49. The van der Waals surface area contributed by atoms with Crippen molar-refractivity contribution in [3.05, 3.63) is 42.0 Å². The van der Waals surface area contributed by atoms with Crippen LogP contribution in [0.3, 0.4) is 0 Å². The van der Waals surface area contributed by atoms with Crippen molar-refractivity contribution in [2.75, 3.05) is 20.2 Å². The van der Waals surface area contributed by atoms with Crippen molar-refractivity contribution in [2.45, 2.75) is 13.5 Å². The topological polar surface area (TPSA) is 76.4 Å². The molecule has 0 aliphatic heterocycles. The summed E-state index contributed by atoms with van der Waals surface area (Å²) >= 11 is 0. The molecule has 0 radical (unpaired) electrons. The molecule has 1 aromatic carbocycles. The molecule has 2 N–H and O–H groups in total. The largest absolute Gasteiger partial charge is 0.492 e. The van der Waals surface area contributed by atoms with Crippen molar-refractivity contribution in [3.63, 3.8) is 0 Å². The maximum absolute atomic E-state index is 5.61. The van der Waals surface area contributed by atoms with Crippen molar-refractivity contribution in [1.29, 1.82) is 0 Å². The van der Waals surface area contributed by atoms with Gasteiger partial charge in [-0.25, -0.2) is 0 Å². The molecule has 1 heterocycles. The monoisotopic (exact) mass is 430 g/mol. The Morgan fingerprint density at radius 3 is 2.57 bits per heavy atom. The van der Waals surface area contributed by atoms with Crippen molar-refractivity contribution in [1.82, 2.24) is 25.4 Å². The van der Waals surface area contributed by atoms with Crippen molar-refractivity contribution in [3.8, 4) is 5.75 Å². The lowest BCUT2D eigenvalue weighted by Crippen LogP contribution is -2.39. The number of hydrogen-bond donors (Lipinski definition) is 2. The van der Waals surface area contributed by atoms with Crippen LogP contribution in [0, 0.1) is 6.92 Å². The normalized spacial score (nSPS) is 10.8. The number of halogens is 1. The molecule has 0 aliphatic rings. The number of nitrogens with zero attached hydrogens (tertiary/aromatic N) is 4. The van der Waals surface area contributed by atoms with Gasteiger partial charge in [0.2, 0.25) is 0 Å². The number of hydrogen-bond acceptors (Lipinski definition) is 4. The third kappa shape index (κ3) is 6.05. The molecule has 0 saturated heterocycles. The van der Waals surface area contributed by atoms with E-state index in [1.54, 1.807) is 7.05 Å². The smallest absolute Gasteiger partial charge is 0.191 e. The first-order valence-corrected chi connectivity index (χ1v) is 7.18. The van der Waals surface area contributed by atoms with E-state index >= 15 is 0 Å². The van der Waals surface area contributed by atoms with E-state index in [9.17, 15) is 0 Å². The summed E-state index contributed by atoms with van der Waals surface area (Å²) in [4.78, 5) is 4.17. The lowest BCUT2D eigenvalue weighted by Gasteiger charge is -2.12. The number of benzene rings is 1. The number of ether oxygens (including phenoxy) is 1. The standard InChI is InChI=1S/C15H22N6O.HI/c1-12-19-20-14(21(12)3)11-18-15(16-2)17-9-10-22-13-7-5-4-6-8-13;/h4-8H,9-11H2,1-3H3,(H2,16,17,18);1H. The fraction of sp³-hybridized carbons (Fsp3) is 0.400. The molecule has 0 saturated carbocycles. The summed E-state index contributed by atoms with van der Waals surface area (Å²) in [7, 11) is 3.67. The van der Waals surface area contributed by atoms with Crippen LogP contribution in [-0.2, 0) is 13.6 Å². The van der Waals surface area contributed by atoms with Crippen LogP contribution in [0.25, 0.3) is 0 Å². The molecule has 8 heteroatoms. The number of nitrogens with one attached hydrogen (secondary N) is 2. The summed E-state index contributed by atoms with van der Waals surface area (Å²) in [6.45, 7) is 3.71. The van der Waals surface area contributed by atoms with Crippen LogP contribution in [0.1, 0.15) is 11.6 Å². The Hall–Kier alpha value is -1.84. The van der Waals surface area contributed by atoms with Crippen LogP contribution >= 0.6 is 24.0 Å². The van der Waals surface area contributed by atoms with Crippen LogP contribution in [0.4, 0.5) is 0 Å². The zero-order valence-electron chi connectivity index (χ0n) is 13.6. The molecular weight excluding hydrogens is 407 g/mol. The van der Waals surface area contributed by atoms with Crippen LogP contribution < -0.4 is 15.4 Å². The summed E-state index contributed by atoms with van der Waals surface area (Å²) in [6.07, 6.45) is 0. The highest BCUT2D eigenvalue weighted by molar-refractivity contribution is 14.0. The van der Waals surface area contributed by atoms with E-state index in [1.807, 2.05) is 48.9 Å². The van der Waals surface area contributed by atoms with Gasteiger partial charge in [0.05, 0.1) is 13.1 Å². The minimum absolute atomic E-state index is 0. The Morgan fingerprint density at radius 2 is 1.96 bits per heavy atom. The number of aromatic nitrogens is 3. The van der Waals surface area contributed by atoms with E-state index < -0.39 is 0 Å². The van der Waals surface area contributed by atoms with E-state index in [4.69, 9.17) is 4.74 Å². The number of aliphatic imine (C=N–C) groups is 1. The number of guanidine groups is 1. The minimum atomic E-state index is 0. The fourth-order valence-corrected chi connectivity index (χ4v) is 1.84. The van der Waals surface area contributed by atoms with Crippen molar-refractivity contribution >= 4 is 29.9 Å². The maximum Gasteiger partial charge on any atom is 0.191 e. The first kappa shape index (κ1) is 19.2. The van der Waals surface area contributed by atoms with Crippen molar-refractivity contribution < 1.29 is 4.74 Å². The van der Waals surface area contributed by atoms with Gasteiger partial charge in [0.1, 0.15) is 18.2 Å². The SMILES string of the molecule is CN=C(NCCOc1ccccc1)NCc1nnc(C)n1C.I. The fourth-order valence-electron chi connectivity index (χ4n) is 1.84. The van der Waals surface area contributed by atoms with Gasteiger partial charge >= 0.3 is 0 Å². The molecule has 1 aromatic heterocycles. The lowest BCUT2D eigenvalue weighted by molar-refractivity contribution is 0.322. The first-order valence-electron chi connectivity index (χ1n) is 7.18. The summed E-state index contributed by atoms with van der Waals surface area (Å²) < 4.78 is 7.56. The second kappa shape index (κ2) is 10.0. The molecule has 0 aliphatic carbocycles. The average Bonchev–Trinajstić information content (AvgIpc) is 2.87. The second-order valence-electron chi connectivity index (χ2n) is 4.74. The van der Waals surface area contributed by atoms with Gasteiger partial charge in [-0.1, -0.05) is 18.2 Å². The van der Waals surface area contributed by atoms with E-state index in [0.29, 0.717) is 25.7 Å². The van der Waals surface area contributed by atoms with Gasteiger partial charge < -0.3 is 19.9 Å². The van der Waals surface area contributed by atoms with E-state index in [0.717, 1.165) is 17.4 Å². The third-order valence-electron chi connectivity index (χ3n) is 3.23. The number of aryl methyl sites for hydroxylation is 1. The van der Waals surface area contributed by atoms with E-state index in [2.05, 4.69) is 25.8 Å². The summed E-state index contributed by atoms with van der Waals surface area (Å²) in [5.41, 5.74) is 0. The van der Waals surface area contributed by atoms with Crippen LogP contribution in [0.5, 0.6) is 5.75 Å². The lowest BCUT2D eigenvalue weighted by atomic mass is 10.3. The molecule has 126 valence electrons. The second-order valence-corrected chi connectivity index (χ2v) is 4.74. The summed E-state index contributed by atoms with van der Waals surface area (Å²) in [5, 5.41) is 14.5. The molecule has 0 unspecified atom stereocenters. The molecule has 0 fully saturated rings. The molecule has 2 aromatic rings. The molecule has 0 amide bonds. The van der Waals surface area contributed by atoms with Gasteiger partial charge in [-0.15, -0.1) is 34.2 Å². The molecule has 0 atom stereocenters. The maximum atomic E-state index is 5.61. The quantitative estimate of drug-likeness (QED) is 0.314. The summed E-state index contributed by atoms with van der Waals surface area (Å²) in [5.74, 6) is 3.32. The van der Waals surface area contributed by atoms with Crippen molar-refractivity contribution in [2.24, 2.45) is 12.0 Å². The molecule has 23 heavy (non-hydrogen) atoms. The Bertz CT molecular complexity index is 614. The van der Waals surface area contributed by atoms with Gasteiger partial charge in [-0.2, -0.15) is 0 Å². The molecule has 0 bridgehead atoms. The highest BCUT2D eigenvalue weighted by atomic mass is 127. The van der Waals surface area contributed by atoms with Gasteiger partial charge in [0, 0.05) is 14.1 Å². The molecule has 2 rings (SSSR count). The Kier molecular flexibility index (Phi) is 8.38. The Morgan fingerprint density at radius 1 is 1.22 bits per heavy atom. The first-order chi connectivity index (χ1) is 10.7. The summed E-state index contributed by atoms with van der Waals surface area (Å²) in [6, 6.07) is 9.73. The van der Waals surface area contributed by atoms with Crippen LogP contribution in [0.2, 0.25) is 0 Å². The molecule has 0 spiro atoms.